The van der Waals surface area contributed by atoms with Crippen molar-refractivity contribution in [2.75, 3.05) is 11.9 Å². The van der Waals surface area contributed by atoms with Gasteiger partial charge in [0.15, 0.2) is 6.61 Å². The van der Waals surface area contributed by atoms with Crippen molar-refractivity contribution in [1.29, 1.82) is 0 Å². The highest BCUT2D eigenvalue weighted by Gasteiger charge is 2.30. The quantitative estimate of drug-likeness (QED) is 0.499. The molecule has 2 amide bonds. The molecule has 2 N–H and O–H groups in total. The first-order valence-corrected chi connectivity index (χ1v) is 9.47. The Labute approximate surface area is 181 Å². The molecule has 166 valence electrons. The van der Waals surface area contributed by atoms with Crippen LogP contribution in [-0.4, -0.2) is 18.4 Å². The highest BCUT2D eigenvalue weighted by molar-refractivity contribution is 5.93. The zero-order valence-electron chi connectivity index (χ0n) is 16.7. The summed E-state index contributed by atoms with van der Waals surface area (Å²) < 4.78 is 43.5. The summed E-state index contributed by atoms with van der Waals surface area (Å²) in [5.74, 6) is -0.763. The molecule has 0 aliphatic heterocycles. The summed E-state index contributed by atoms with van der Waals surface area (Å²) in [5.41, 5.74) is 2.70. The van der Waals surface area contributed by atoms with Gasteiger partial charge in [-0.05, 0) is 48.0 Å². The molecule has 0 saturated carbocycles. The highest BCUT2D eigenvalue weighted by atomic mass is 19.4. The Hall–Kier alpha value is -3.85. The van der Waals surface area contributed by atoms with Crippen LogP contribution in [0.5, 0.6) is 5.75 Å². The summed E-state index contributed by atoms with van der Waals surface area (Å²) in [5, 5.41) is 2.35. The summed E-state index contributed by atoms with van der Waals surface area (Å²) in [6.45, 7) is -0.198. The highest BCUT2D eigenvalue weighted by Crippen LogP contribution is 2.30. The first-order valence-electron chi connectivity index (χ1n) is 9.47. The van der Waals surface area contributed by atoms with Gasteiger partial charge < -0.3 is 10.1 Å². The number of alkyl halides is 3. The summed E-state index contributed by atoms with van der Waals surface area (Å²) in [4.78, 5) is 29.2. The van der Waals surface area contributed by atoms with Crippen LogP contribution < -0.4 is 15.5 Å². The number of hydrogen-bond acceptors (Lipinski definition) is 4. The Balaban J connectivity index is 1.45. The molecule has 0 fully saturated rings. The minimum absolute atomic E-state index is 0.0101. The molecule has 0 aliphatic carbocycles. The van der Waals surface area contributed by atoms with E-state index in [1.165, 1.54) is 36.4 Å². The predicted octanol–water partition coefficient (Wildman–Crippen LogP) is 4.58. The lowest BCUT2D eigenvalue weighted by Gasteiger charge is -2.11. The first kappa shape index (κ1) is 22.8. The number of hydroxylamine groups is 1. The van der Waals surface area contributed by atoms with Gasteiger partial charge in [-0.25, -0.2) is 5.48 Å². The fraction of sp³-hybridized carbons (Fsp3) is 0.130. The maximum atomic E-state index is 12.7. The van der Waals surface area contributed by atoms with Gasteiger partial charge in [-0.2, -0.15) is 13.2 Å². The van der Waals surface area contributed by atoms with Crippen molar-refractivity contribution in [3.8, 4) is 5.75 Å². The molecule has 0 atom stereocenters. The number of benzene rings is 3. The van der Waals surface area contributed by atoms with Crippen LogP contribution in [0.2, 0.25) is 0 Å². The van der Waals surface area contributed by atoms with E-state index in [2.05, 4.69) is 10.8 Å². The molecule has 3 rings (SSSR count). The molecule has 0 saturated heterocycles. The summed E-state index contributed by atoms with van der Waals surface area (Å²) >= 11 is 0. The first-order chi connectivity index (χ1) is 15.3. The number of anilines is 1. The minimum Gasteiger partial charge on any atom is -0.484 e. The largest absolute Gasteiger partial charge is 0.484 e. The van der Waals surface area contributed by atoms with Crippen molar-refractivity contribution in [2.24, 2.45) is 0 Å². The van der Waals surface area contributed by atoms with E-state index in [-0.39, 0.29) is 12.3 Å². The van der Waals surface area contributed by atoms with Crippen LogP contribution in [0.15, 0.2) is 78.9 Å². The van der Waals surface area contributed by atoms with E-state index in [0.717, 1.165) is 17.7 Å². The molecule has 32 heavy (non-hydrogen) atoms. The van der Waals surface area contributed by atoms with Crippen LogP contribution in [0, 0.1) is 0 Å². The Morgan fingerprint density at radius 2 is 1.59 bits per heavy atom. The Morgan fingerprint density at radius 3 is 2.28 bits per heavy atom. The maximum Gasteiger partial charge on any atom is 0.416 e. The zero-order valence-corrected chi connectivity index (χ0v) is 16.7. The molecular formula is C23H19F3N2O4. The summed E-state index contributed by atoms with van der Waals surface area (Å²) in [6, 6.07) is 19.6. The Bertz CT molecular complexity index is 1050. The minimum atomic E-state index is -4.50. The van der Waals surface area contributed by atoms with Gasteiger partial charge in [0.25, 0.3) is 11.8 Å². The fourth-order valence-corrected chi connectivity index (χ4v) is 2.64. The third-order valence-corrected chi connectivity index (χ3v) is 4.21. The Morgan fingerprint density at radius 1 is 0.875 bits per heavy atom. The van der Waals surface area contributed by atoms with E-state index >= 15 is 0 Å². The standard InChI is InChI=1S/C23H19F3N2O4/c24-23(25,26)18-7-4-8-19(13-18)27-21(29)15-31-20-11-9-17(10-12-20)22(30)28-32-14-16-5-2-1-3-6-16/h1-13H,14-15H2,(H,27,29)(H,28,30). The second kappa shape index (κ2) is 10.5. The van der Waals surface area contributed by atoms with E-state index in [0.29, 0.717) is 11.3 Å². The lowest BCUT2D eigenvalue weighted by molar-refractivity contribution is -0.137. The fourth-order valence-electron chi connectivity index (χ4n) is 2.64. The summed E-state index contributed by atoms with van der Waals surface area (Å²) in [7, 11) is 0. The summed E-state index contributed by atoms with van der Waals surface area (Å²) in [6.07, 6.45) is -4.50. The molecular weight excluding hydrogens is 425 g/mol. The van der Waals surface area contributed by atoms with Gasteiger partial charge in [0.1, 0.15) is 5.75 Å². The number of ether oxygens (including phenoxy) is 1. The van der Waals surface area contributed by atoms with Gasteiger partial charge in [0.2, 0.25) is 0 Å². The molecule has 3 aromatic carbocycles. The molecule has 0 heterocycles. The van der Waals surface area contributed by atoms with Crippen molar-refractivity contribution < 1.29 is 32.3 Å². The van der Waals surface area contributed by atoms with Gasteiger partial charge in [0, 0.05) is 11.3 Å². The number of carbonyl (C=O) groups excluding carboxylic acids is 2. The molecule has 0 aliphatic rings. The molecule has 9 heteroatoms. The average Bonchev–Trinajstić information content (AvgIpc) is 2.78. The molecule has 0 aromatic heterocycles. The number of carbonyl (C=O) groups is 2. The third kappa shape index (κ3) is 6.85. The van der Waals surface area contributed by atoms with Crippen LogP contribution in [0.3, 0.4) is 0 Å². The SMILES string of the molecule is O=C(COc1ccc(C(=O)NOCc2ccccc2)cc1)Nc1cccc(C(F)(F)F)c1. The van der Waals surface area contributed by atoms with Gasteiger partial charge in [-0.1, -0.05) is 36.4 Å². The number of halogens is 3. The second-order valence-corrected chi connectivity index (χ2v) is 6.65. The normalized spacial score (nSPS) is 11.0. The lowest BCUT2D eigenvalue weighted by atomic mass is 10.2. The lowest BCUT2D eigenvalue weighted by Crippen LogP contribution is -2.23. The number of nitrogens with one attached hydrogen (secondary N) is 2. The average molecular weight is 444 g/mol. The van der Waals surface area contributed by atoms with Crippen LogP contribution in [0.25, 0.3) is 0 Å². The van der Waals surface area contributed by atoms with Crippen molar-refractivity contribution in [3.63, 3.8) is 0 Å². The number of rotatable bonds is 8. The second-order valence-electron chi connectivity index (χ2n) is 6.65. The van der Waals surface area contributed by atoms with Gasteiger partial charge in [-0.3, -0.25) is 14.4 Å². The molecule has 0 unspecified atom stereocenters. The van der Waals surface area contributed by atoms with Gasteiger partial charge >= 0.3 is 6.18 Å². The zero-order chi connectivity index (χ0) is 23.0. The number of hydrogen-bond donors (Lipinski definition) is 2. The van der Waals surface area contributed by atoms with Gasteiger partial charge in [-0.15, -0.1) is 0 Å². The van der Waals surface area contributed by atoms with E-state index in [4.69, 9.17) is 9.57 Å². The topological polar surface area (TPSA) is 76.7 Å². The van der Waals surface area contributed by atoms with Crippen molar-refractivity contribution >= 4 is 17.5 Å². The van der Waals surface area contributed by atoms with Crippen LogP contribution >= 0.6 is 0 Å². The molecule has 6 nitrogen and oxygen atoms in total. The van der Waals surface area contributed by atoms with Crippen molar-refractivity contribution in [1.82, 2.24) is 5.48 Å². The molecule has 0 radical (unpaired) electrons. The maximum absolute atomic E-state index is 12.7. The molecule has 3 aromatic rings. The van der Waals surface area contributed by atoms with E-state index in [1.807, 2.05) is 30.3 Å². The van der Waals surface area contributed by atoms with Gasteiger partial charge in [0.05, 0.1) is 12.2 Å². The number of amides is 2. The third-order valence-electron chi connectivity index (χ3n) is 4.21. The van der Waals surface area contributed by atoms with Crippen molar-refractivity contribution in [3.05, 3.63) is 95.6 Å². The Kier molecular flexibility index (Phi) is 7.45. The van der Waals surface area contributed by atoms with Crippen LogP contribution in [0.1, 0.15) is 21.5 Å². The monoisotopic (exact) mass is 444 g/mol. The smallest absolute Gasteiger partial charge is 0.416 e. The van der Waals surface area contributed by atoms with E-state index in [9.17, 15) is 22.8 Å². The molecule has 0 spiro atoms. The predicted molar refractivity (Wildman–Crippen MR) is 111 cm³/mol. The van der Waals surface area contributed by atoms with Crippen LogP contribution in [-0.2, 0) is 22.4 Å². The molecule has 0 bridgehead atoms. The van der Waals surface area contributed by atoms with Crippen LogP contribution in [0.4, 0.5) is 18.9 Å². The van der Waals surface area contributed by atoms with Crippen molar-refractivity contribution in [2.45, 2.75) is 12.8 Å². The van der Waals surface area contributed by atoms with E-state index < -0.39 is 30.2 Å². The van der Waals surface area contributed by atoms with E-state index in [1.54, 1.807) is 0 Å².